The van der Waals surface area contributed by atoms with Gasteiger partial charge in [-0.25, -0.2) is 0 Å². The van der Waals surface area contributed by atoms with Crippen LogP contribution in [0.15, 0.2) is 12.1 Å². The third kappa shape index (κ3) is 3.67. The summed E-state index contributed by atoms with van der Waals surface area (Å²) in [6.07, 6.45) is 5.65. The van der Waals surface area contributed by atoms with E-state index in [0.29, 0.717) is 11.7 Å². The van der Waals surface area contributed by atoms with E-state index in [0.717, 1.165) is 25.9 Å². The summed E-state index contributed by atoms with van der Waals surface area (Å²) < 4.78 is 0. The second-order valence-corrected chi connectivity index (χ2v) is 5.57. The molecule has 3 nitrogen and oxygen atoms in total. The molecule has 0 amide bonds. The van der Waals surface area contributed by atoms with Gasteiger partial charge in [0.05, 0.1) is 5.69 Å². The van der Waals surface area contributed by atoms with Crippen LogP contribution in [-0.2, 0) is 12.8 Å². The minimum atomic E-state index is 0. The molecule has 0 saturated heterocycles. The smallest absolute Gasteiger partial charge is 0.138 e. The van der Waals surface area contributed by atoms with Crippen molar-refractivity contribution in [1.29, 1.82) is 0 Å². The SMILES string of the molecule is Br.CCCN(CCC)C1CCc2ccc(O)c(N)c2C1. The molecule has 0 radical (unpaired) electrons. The van der Waals surface area contributed by atoms with Gasteiger partial charge in [-0.1, -0.05) is 19.9 Å². The van der Waals surface area contributed by atoms with Crippen LogP contribution in [0.5, 0.6) is 5.75 Å². The summed E-state index contributed by atoms with van der Waals surface area (Å²) in [5, 5.41) is 9.77. The van der Waals surface area contributed by atoms with Crippen LogP contribution in [0, 0.1) is 0 Å². The van der Waals surface area contributed by atoms with Crippen molar-refractivity contribution in [3.05, 3.63) is 23.3 Å². The number of aryl methyl sites for hydroxylation is 1. The van der Waals surface area contributed by atoms with Crippen molar-refractivity contribution in [1.82, 2.24) is 4.90 Å². The van der Waals surface area contributed by atoms with Gasteiger partial charge in [0.15, 0.2) is 0 Å². The van der Waals surface area contributed by atoms with Crippen molar-refractivity contribution >= 4 is 22.7 Å². The monoisotopic (exact) mass is 342 g/mol. The molecule has 1 aromatic carbocycles. The van der Waals surface area contributed by atoms with Gasteiger partial charge < -0.3 is 15.7 Å². The number of nitrogens with zero attached hydrogens (tertiary/aromatic N) is 1. The third-order valence-corrected chi connectivity index (χ3v) is 4.16. The number of phenols is 1. The van der Waals surface area contributed by atoms with Crippen LogP contribution in [0.25, 0.3) is 0 Å². The van der Waals surface area contributed by atoms with Gasteiger partial charge in [0.1, 0.15) is 5.75 Å². The van der Waals surface area contributed by atoms with Crippen molar-refractivity contribution in [3.8, 4) is 5.75 Å². The Kier molecular flexibility index (Phi) is 6.83. The Morgan fingerprint density at radius 2 is 1.90 bits per heavy atom. The van der Waals surface area contributed by atoms with Crippen LogP contribution < -0.4 is 5.73 Å². The van der Waals surface area contributed by atoms with Gasteiger partial charge in [-0.05, 0) is 62.4 Å². The topological polar surface area (TPSA) is 49.5 Å². The first-order chi connectivity index (χ1) is 9.17. The molecule has 1 aliphatic carbocycles. The van der Waals surface area contributed by atoms with Crippen LogP contribution in [0.1, 0.15) is 44.2 Å². The number of halogens is 1. The highest BCUT2D eigenvalue weighted by Crippen LogP contribution is 2.34. The lowest BCUT2D eigenvalue weighted by Gasteiger charge is -2.35. The summed E-state index contributed by atoms with van der Waals surface area (Å²) in [5.41, 5.74) is 9.13. The van der Waals surface area contributed by atoms with Gasteiger partial charge in [-0.3, -0.25) is 0 Å². The minimum absolute atomic E-state index is 0. The first-order valence-corrected chi connectivity index (χ1v) is 7.50. The molecule has 1 aliphatic rings. The number of hydrogen-bond acceptors (Lipinski definition) is 3. The second kappa shape index (κ2) is 7.89. The van der Waals surface area contributed by atoms with Crippen LogP contribution in [0.3, 0.4) is 0 Å². The van der Waals surface area contributed by atoms with E-state index in [4.69, 9.17) is 5.73 Å². The van der Waals surface area contributed by atoms with Gasteiger partial charge in [0, 0.05) is 6.04 Å². The number of nitrogens with two attached hydrogens (primary N) is 1. The van der Waals surface area contributed by atoms with Gasteiger partial charge in [-0.15, -0.1) is 17.0 Å². The van der Waals surface area contributed by atoms with Gasteiger partial charge in [0.2, 0.25) is 0 Å². The Morgan fingerprint density at radius 3 is 2.50 bits per heavy atom. The average molecular weight is 343 g/mol. The van der Waals surface area contributed by atoms with E-state index in [2.05, 4.69) is 18.7 Å². The van der Waals surface area contributed by atoms with Crippen molar-refractivity contribution in [2.75, 3.05) is 18.8 Å². The fourth-order valence-electron chi connectivity index (χ4n) is 3.20. The number of anilines is 1. The van der Waals surface area contributed by atoms with Crippen molar-refractivity contribution in [2.24, 2.45) is 0 Å². The standard InChI is InChI=1S/C16H26N2O.BrH/c1-3-9-18(10-4-2)13-7-5-12-6-8-15(19)16(17)14(12)11-13;/h6,8,13,19H,3-5,7,9-11,17H2,1-2H3;1H. The predicted molar refractivity (Wildman–Crippen MR) is 90.8 cm³/mol. The molecule has 0 bridgehead atoms. The molecule has 20 heavy (non-hydrogen) atoms. The van der Waals surface area contributed by atoms with Crippen LogP contribution in [0.4, 0.5) is 5.69 Å². The Morgan fingerprint density at radius 1 is 1.25 bits per heavy atom. The number of nitrogen functional groups attached to an aromatic ring is 1. The number of fused-ring (bicyclic) bond motifs is 1. The van der Waals surface area contributed by atoms with Crippen molar-refractivity contribution < 1.29 is 5.11 Å². The second-order valence-electron chi connectivity index (χ2n) is 5.57. The molecule has 0 aliphatic heterocycles. The molecule has 114 valence electrons. The van der Waals surface area contributed by atoms with E-state index in [1.54, 1.807) is 6.07 Å². The Bertz CT molecular complexity index is 431. The van der Waals surface area contributed by atoms with Gasteiger partial charge >= 0.3 is 0 Å². The molecule has 0 saturated carbocycles. The first-order valence-electron chi connectivity index (χ1n) is 7.50. The van der Waals surface area contributed by atoms with Crippen LogP contribution in [0.2, 0.25) is 0 Å². The van der Waals surface area contributed by atoms with Crippen molar-refractivity contribution in [2.45, 2.75) is 52.0 Å². The molecule has 0 spiro atoms. The molecule has 0 heterocycles. The van der Waals surface area contributed by atoms with Gasteiger partial charge in [0.25, 0.3) is 0 Å². The number of rotatable bonds is 5. The van der Waals surface area contributed by atoms with E-state index < -0.39 is 0 Å². The molecular formula is C16H27BrN2O. The van der Waals surface area contributed by atoms with E-state index in [1.807, 2.05) is 6.07 Å². The summed E-state index contributed by atoms with van der Waals surface area (Å²) >= 11 is 0. The number of hydrogen-bond donors (Lipinski definition) is 2. The van der Waals surface area contributed by atoms with Crippen LogP contribution in [-0.4, -0.2) is 29.1 Å². The average Bonchev–Trinajstić information content (AvgIpc) is 2.42. The Labute approximate surface area is 132 Å². The molecule has 2 rings (SSSR count). The van der Waals surface area contributed by atoms with E-state index >= 15 is 0 Å². The Balaban J connectivity index is 0.00000200. The summed E-state index contributed by atoms with van der Waals surface area (Å²) in [6, 6.07) is 4.34. The molecule has 1 aromatic rings. The molecular weight excluding hydrogens is 316 g/mol. The molecule has 0 fully saturated rings. The lowest BCUT2D eigenvalue weighted by molar-refractivity contribution is 0.180. The summed E-state index contributed by atoms with van der Waals surface area (Å²) in [4.78, 5) is 2.59. The quantitative estimate of drug-likeness (QED) is 0.635. The van der Waals surface area contributed by atoms with E-state index in [9.17, 15) is 5.11 Å². The molecule has 1 unspecified atom stereocenters. The molecule has 0 aromatic heterocycles. The highest BCUT2D eigenvalue weighted by atomic mass is 79.9. The Hall–Kier alpha value is -0.740. The zero-order valence-electron chi connectivity index (χ0n) is 12.6. The van der Waals surface area contributed by atoms with Gasteiger partial charge in [-0.2, -0.15) is 0 Å². The third-order valence-electron chi connectivity index (χ3n) is 4.16. The summed E-state index contributed by atoms with van der Waals surface area (Å²) in [5.74, 6) is 0.233. The zero-order chi connectivity index (χ0) is 13.8. The highest BCUT2D eigenvalue weighted by Gasteiger charge is 2.25. The largest absolute Gasteiger partial charge is 0.506 e. The zero-order valence-corrected chi connectivity index (χ0v) is 14.3. The lowest BCUT2D eigenvalue weighted by atomic mass is 9.86. The minimum Gasteiger partial charge on any atom is -0.506 e. The molecule has 3 N–H and O–H groups in total. The lowest BCUT2D eigenvalue weighted by Crippen LogP contribution is -2.40. The number of aromatic hydroxyl groups is 1. The number of benzene rings is 1. The van der Waals surface area contributed by atoms with E-state index in [-0.39, 0.29) is 22.7 Å². The van der Waals surface area contributed by atoms with Crippen LogP contribution >= 0.6 is 17.0 Å². The number of phenolic OH excluding ortho intramolecular Hbond substituents is 1. The highest BCUT2D eigenvalue weighted by molar-refractivity contribution is 8.93. The summed E-state index contributed by atoms with van der Waals surface area (Å²) in [7, 11) is 0. The maximum atomic E-state index is 9.77. The molecule has 4 heteroatoms. The summed E-state index contributed by atoms with van der Waals surface area (Å²) in [6.45, 7) is 6.79. The van der Waals surface area contributed by atoms with E-state index in [1.165, 1.54) is 30.4 Å². The van der Waals surface area contributed by atoms with Crippen molar-refractivity contribution in [3.63, 3.8) is 0 Å². The normalized spacial score (nSPS) is 17.6. The predicted octanol–water partition coefficient (Wildman–Crippen LogP) is 3.53. The fraction of sp³-hybridized carbons (Fsp3) is 0.625. The first kappa shape index (κ1) is 17.3. The molecule has 1 atom stereocenters. The maximum absolute atomic E-state index is 9.77. The fourth-order valence-corrected chi connectivity index (χ4v) is 3.20. The maximum Gasteiger partial charge on any atom is 0.138 e.